The molecule has 0 saturated heterocycles. The highest BCUT2D eigenvalue weighted by atomic mass is 16.2. The van der Waals surface area contributed by atoms with Crippen LogP contribution in [-0.4, -0.2) is 65.8 Å². The highest BCUT2D eigenvalue weighted by molar-refractivity contribution is 5.92. The van der Waals surface area contributed by atoms with Gasteiger partial charge in [0.25, 0.3) is 0 Å². The van der Waals surface area contributed by atoms with Crippen molar-refractivity contribution in [1.82, 2.24) is 26.6 Å². The Kier molecular flexibility index (Phi) is 20.5. The van der Waals surface area contributed by atoms with Crippen molar-refractivity contribution in [2.24, 2.45) is 23.5 Å². The third-order valence-corrected chi connectivity index (χ3v) is 9.07. The van der Waals surface area contributed by atoms with Gasteiger partial charge in [-0.05, 0) is 55.4 Å². The summed E-state index contributed by atoms with van der Waals surface area (Å²) in [4.78, 5) is 66.4. The van der Waals surface area contributed by atoms with Gasteiger partial charge in [-0.15, -0.1) is 0 Å². The molecule has 49 heavy (non-hydrogen) atoms. The molecule has 7 N–H and O–H groups in total. The molecule has 0 radical (unpaired) electrons. The van der Waals surface area contributed by atoms with Gasteiger partial charge in [-0.1, -0.05) is 105 Å². The molecule has 1 aromatic rings. The molecule has 0 unspecified atom stereocenters. The van der Waals surface area contributed by atoms with Crippen molar-refractivity contribution in [1.29, 1.82) is 0 Å². The van der Waals surface area contributed by atoms with E-state index >= 15 is 0 Å². The van der Waals surface area contributed by atoms with Crippen molar-refractivity contribution in [3.05, 3.63) is 35.9 Å². The monoisotopic (exact) mass is 687 g/mol. The fourth-order valence-corrected chi connectivity index (χ4v) is 5.62. The molecule has 0 spiro atoms. The zero-order chi connectivity index (χ0) is 37.1. The molecule has 11 nitrogen and oxygen atoms in total. The van der Waals surface area contributed by atoms with E-state index in [1.165, 1.54) is 0 Å². The Morgan fingerprint density at radius 2 is 1.31 bits per heavy atom. The van der Waals surface area contributed by atoms with Crippen LogP contribution in [0.5, 0.6) is 0 Å². The number of rotatable bonds is 23. The van der Waals surface area contributed by atoms with Crippen LogP contribution >= 0.6 is 0 Å². The average Bonchev–Trinajstić information content (AvgIpc) is 3.06. The molecular formula is C38H66N6O5. The summed E-state index contributed by atoms with van der Waals surface area (Å²) in [7, 11) is 0. The third kappa shape index (κ3) is 16.2. The number of benzene rings is 1. The van der Waals surface area contributed by atoms with Gasteiger partial charge in [0.15, 0.2) is 0 Å². The minimum atomic E-state index is -0.905. The van der Waals surface area contributed by atoms with Gasteiger partial charge in [-0.2, -0.15) is 0 Å². The molecule has 1 aromatic carbocycles. The SMILES string of the molecule is CCCCC(=O)N[C@@H](CC(C)C)C(=O)N[C@H](C(=O)N[C@@H](Cc1ccccc1)[C@@H](N)CC(=O)N[C@H](C(=O)NC(CC)CC)[C@@H](C)CC)C(C)C. The van der Waals surface area contributed by atoms with Gasteiger partial charge in [0.2, 0.25) is 29.5 Å². The number of hydrogen-bond acceptors (Lipinski definition) is 6. The van der Waals surface area contributed by atoms with Crippen molar-refractivity contribution in [3.8, 4) is 0 Å². The van der Waals surface area contributed by atoms with E-state index in [4.69, 9.17) is 5.73 Å². The van der Waals surface area contributed by atoms with Crippen LogP contribution in [0, 0.1) is 17.8 Å². The smallest absolute Gasteiger partial charge is 0.243 e. The molecule has 5 amide bonds. The van der Waals surface area contributed by atoms with Crippen LogP contribution in [0.1, 0.15) is 119 Å². The predicted molar refractivity (Wildman–Crippen MR) is 196 cm³/mol. The molecule has 0 fully saturated rings. The van der Waals surface area contributed by atoms with Gasteiger partial charge in [-0.3, -0.25) is 24.0 Å². The van der Waals surface area contributed by atoms with Crippen molar-refractivity contribution in [3.63, 3.8) is 0 Å². The normalized spacial score (nSPS) is 15.1. The van der Waals surface area contributed by atoms with Gasteiger partial charge < -0.3 is 32.3 Å². The Morgan fingerprint density at radius 3 is 1.84 bits per heavy atom. The summed E-state index contributed by atoms with van der Waals surface area (Å²) < 4.78 is 0. The Hall–Kier alpha value is -3.47. The minimum Gasteiger partial charge on any atom is -0.352 e. The standard InChI is InChI=1S/C38H66N6O5/c1-10-14-20-32(45)41-31(21-24(5)6)36(47)44-34(25(7)8)37(48)42-30(22-27-18-16-15-17-19-27)29(39)23-33(46)43-35(26(9)11-2)38(49)40-28(12-3)13-4/h15-19,24-26,28-31,34-35H,10-14,20-23,39H2,1-9H3,(H,40,49)(H,41,45)(H,42,48)(H,43,46)(H,44,47)/t26-,29-,30-,31-,34-,35-/m0/s1. The van der Waals surface area contributed by atoms with Crippen LogP contribution in [0.4, 0.5) is 0 Å². The van der Waals surface area contributed by atoms with Gasteiger partial charge in [-0.25, -0.2) is 0 Å². The highest BCUT2D eigenvalue weighted by Gasteiger charge is 2.33. The number of nitrogens with two attached hydrogens (primary N) is 1. The van der Waals surface area contributed by atoms with Crippen LogP contribution in [-0.2, 0) is 30.4 Å². The van der Waals surface area contributed by atoms with Crippen molar-refractivity contribution in [2.75, 3.05) is 0 Å². The quantitative estimate of drug-likeness (QED) is 0.101. The maximum absolute atomic E-state index is 13.9. The lowest BCUT2D eigenvalue weighted by molar-refractivity contribution is -0.133. The van der Waals surface area contributed by atoms with E-state index in [1.54, 1.807) is 0 Å². The van der Waals surface area contributed by atoms with Crippen LogP contribution in [0.15, 0.2) is 30.3 Å². The number of unbranched alkanes of at least 4 members (excludes halogenated alkanes) is 1. The van der Waals surface area contributed by atoms with E-state index in [2.05, 4.69) is 26.6 Å². The Balaban J connectivity index is 3.19. The van der Waals surface area contributed by atoms with Crippen molar-refractivity contribution < 1.29 is 24.0 Å². The van der Waals surface area contributed by atoms with E-state index in [9.17, 15) is 24.0 Å². The second-order valence-corrected chi connectivity index (χ2v) is 14.2. The van der Waals surface area contributed by atoms with Gasteiger partial charge in [0.1, 0.15) is 18.1 Å². The topological polar surface area (TPSA) is 172 Å². The fourth-order valence-electron chi connectivity index (χ4n) is 5.62. The number of amides is 5. The van der Waals surface area contributed by atoms with Crippen LogP contribution in [0.25, 0.3) is 0 Å². The maximum Gasteiger partial charge on any atom is 0.243 e. The molecule has 0 aliphatic carbocycles. The largest absolute Gasteiger partial charge is 0.352 e. The summed E-state index contributed by atoms with van der Waals surface area (Å²) in [6.07, 6.45) is 4.86. The number of nitrogens with one attached hydrogen (secondary N) is 5. The van der Waals surface area contributed by atoms with Gasteiger partial charge >= 0.3 is 0 Å². The molecule has 0 heterocycles. The van der Waals surface area contributed by atoms with Crippen LogP contribution < -0.4 is 32.3 Å². The molecule has 0 aromatic heterocycles. The molecule has 0 aliphatic rings. The Bertz CT molecular complexity index is 1160. The second kappa shape index (κ2) is 23.0. The van der Waals surface area contributed by atoms with E-state index in [0.29, 0.717) is 25.7 Å². The summed E-state index contributed by atoms with van der Waals surface area (Å²) in [6.45, 7) is 17.5. The first-order valence-electron chi connectivity index (χ1n) is 18.5. The molecule has 0 bridgehead atoms. The zero-order valence-electron chi connectivity index (χ0n) is 31.6. The molecular weight excluding hydrogens is 620 g/mol. The summed E-state index contributed by atoms with van der Waals surface area (Å²) >= 11 is 0. The Morgan fingerprint density at radius 1 is 0.694 bits per heavy atom. The van der Waals surface area contributed by atoms with Crippen molar-refractivity contribution in [2.45, 2.75) is 156 Å². The molecule has 0 saturated carbocycles. The van der Waals surface area contributed by atoms with Crippen LogP contribution in [0.3, 0.4) is 0 Å². The van der Waals surface area contributed by atoms with Crippen molar-refractivity contribution >= 4 is 29.5 Å². The lowest BCUT2D eigenvalue weighted by Crippen LogP contribution is -2.59. The lowest BCUT2D eigenvalue weighted by Gasteiger charge is -2.31. The third-order valence-electron chi connectivity index (χ3n) is 9.07. The molecule has 6 atom stereocenters. The molecule has 0 aliphatic heterocycles. The van der Waals surface area contributed by atoms with E-state index in [1.807, 2.05) is 92.6 Å². The van der Waals surface area contributed by atoms with Crippen LogP contribution in [0.2, 0.25) is 0 Å². The first-order chi connectivity index (χ1) is 23.2. The fraction of sp³-hybridized carbons (Fsp3) is 0.711. The maximum atomic E-state index is 13.9. The first-order valence-corrected chi connectivity index (χ1v) is 18.5. The second-order valence-electron chi connectivity index (χ2n) is 14.2. The summed E-state index contributed by atoms with van der Waals surface area (Å²) in [6, 6.07) is 5.71. The van der Waals surface area contributed by atoms with E-state index < -0.39 is 42.0 Å². The Labute approximate surface area is 295 Å². The minimum absolute atomic E-state index is 0.0241. The van der Waals surface area contributed by atoms with Gasteiger partial charge in [0, 0.05) is 31.0 Å². The zero-order valence-corrected chi connectivity index (χ0v) is 31.6. The molecule has 278 valence electrons. The summed E-state index contributed by atoms with van der Waals surface area (Å²) in [5.74, 6) is -1.87. The van der Waals surface area contributed by atoms with E-state index in [0.717, 1.165) is 31.2 Å². The summed E-state index contributed by atoms with van der Waals surface area (Å²) in [5.41, 5.74) is 7.58. The lowest BCUT2D eigenvalue weighted by atomic mass is 9.94. The predicted octanol–water partition coefficient (Wildman–Crippen LogP) is 4.13. The first kappa shape index (κ1) is 43.6. The number of hydrogen-bond donors (Lipinski definition) is 6. The van der Waals surface area contributed by atoms with Gasteiger partial charge in [0.05, 0.1) is 0 Å². The average molecular weight is 687 g/mol. The summed E-state index contributed by atoms with van der Waals surface area (Å²) in [5, 5.41) is 14.7. The number of carbonyl (C=O) groups is 5. The molecule has 11 heteroatoms. The number of carbonyl (C=O) groups excluding carboxylic acids is 5. The van der Waals surface area contributed by atoms with E-state index in [-0.39, 0.29) is 47.9 Å². The molecule has 1 rings (SSSR count). The highest BCUT2D eigenvalue weighted by Crippen LogP contribution is 2.14.